The second-order valence-corrected chi connectivity index (χ2v) is 6.84. The van der Waals surface area contributed by atoms with E-state index in [2.05, 4.69) is 16.8 Å². The second kappa shape index (κ2) is 7.62. The van der Waals surface area contributed by atoms with Crippen LogP contribution in [0.1, 0.15) is 23.5 Å². The summed E-state index contributed by atoms with van der Waals surface area (Å²) in [6.07, 6.45) is 1.87. The average molecular weight is 360 g/mol. The summed E-state index contributed by atoms with van der Waals surface area (Å²) in [5.74, 6) is 0. The van der Waals surface area contributed by atoms with Crippen molar-refractivity contribution in [1.82, 2.24) is 9.88 Å². The van der Waals surface area contributed by atoms with Crippen molar-refractivity contribution in [3.8, 4) is 0 Å². The Hall–Kier alpha value is -0.850. The number of nitrogen functional groups attached to an aromatic ring is 1. The first-order chi connectivity index (χ1) is 10.1. The van der Waals surface area contributed by atoms with Crippen LogP contribution in [0.2, 0.25) is 5.02 Å². The summed E-state index contributed by atoms with van der Waals surface area (Å²) in [4.78, 5) is 7.69. The molecule has 0 spiro atoms. The molecule has 1 fully saturated rings. The van der Waals surface area contributed by atoms with Gasteiger partial charge < -0.3 is 10.5 Å². The molecule has 2 atom stereocenters. The maximum Gasteiger partial charge on any atom is 0.180 e. The highest BCUT2D eigenvalue weighted by atomic mass is 35.5. The number of morpholine rings is 1. The van der Waals surface area contributed by atoms with Gasteiger partial charge in [0.25, 0.3) is 0 Å². The van der Waals surface area contributed by atoms with Gasteiger partial charge in [0.05, 0.1) is 12.7 Å². The van der Waals surface area contributed by atoms with E-state index in [9.17, 15) is 0 Å². The first-order valence-electron chi connectivity index (χ1n) is 6.93. The minimum Gasteiger partial charge on any atom is -0.375 e. The highest BCUT2D eigenvalue weighted by Gasteiger charge is 2.28. The molecule has 2 N–H and O–H groups in total. The van der Waals surface area contributed by atoms with Crippen molar-refractivity contribution in [2.45, 2.75) is 25.6 Å². The van der Waals surface area contributed by atoms with Crippen molar-refractivity contribution in [1.29, 1.82) is 0 Å². The average Bonchev–Trinajstić information content (AvgIpc) is 2.87. The molecule has 0 bridgehead atoms. The Kier molecular flexibility index (Phi) is 6.06. The minimum absolute atomic E-state index is 0. The molecule has 120 valence electrons. The highest BCUT2D eigenvalue weighted by molar-refractivity contribution is 7.15. The van der Waals surface area contributed by atoms with Gasteiger partial charge in [-0.2, -0.15) is 0 Å². The lowest BCUT2D eigenvalue weighted by Gasteiger charge is -2.38. The number of nitrogens with zero attached hydrogens (tertiary/aromatic N) is 2. The third kappa shape index (κ3) is 3.91. The fourth-order valence-corrected chi connectivity index (χ4v) is 3.51. The van der Waals surface area contributed by atoms with Gasteiger partial charge in [0.15, 0.2) is 5.13 Å². The van der Waals surface area contributed by atoms with E-state index < -0.39 is 0 Å². The number of hydrogen-bond acceptors (Lipinski definition) is 5. The van der Waals surface area contributed by atoms with E-state index >= 15 is 0 Å². The fourth-order valence-electron chi connectivity index (χ4n) is 2.55. The van der Waals surface area contributed by atoms with E-state index in [1.54, 1.807) is 11.3 Å². The predicted molar refractivity (Wildman–Crippen MR) is 93.8 cm³/mol. The first kappa shape index (κ1) is 17.5. The third-order valence-corrected chi connectivity index (χ3v) is 4.90. The molecule has 0 aliphatic carbocycles. The van der Waals surface area contributed by atoms with Crippen molar-refractivity contribution >= 4 is 40.5 Å². The van der Waals surface area contributed by atoms with Crippen molar-refractivity contribution in [2.75, 3.05) is 18.9 Å². The molecule has 0 amide bonds. The van der Waals surface area contributed by atoms with Crippen LogP contribution in [0.4, 0.5) is 5.13 Å². The van der Waals surface area contributed by atoms with E-state index in [0.717, 1.165) is 23.7 Å². The predicted octanol–water partition coefficient (Wildman–Crippen LogP) is 3.76. The van der Waals surface area contributed by atoms with E-state index in [-0.39, 0.29) is 18.5 Å². The summed E-state index contributed by atoms with van der Waals surface area (Å²) >= 11 is 7.82. The van der Waals surface area contributed by atoms with Crippen LogP contribution in [-0.2, 0) is 11.3 Å². The normalized spacial score (nSPS) is 22.3. The number of rotatable bonds is 3. The Morgan fingerprint density at radius 3 is 2.91 bits per heavy atom. The van der Waals surface area contributed by atoms with Crippen LogP contribution in [-0.4, -0.2) is 29.1 Å². The summed E-state index contributed by atoms with van der Waals surface area (Å²) in [5, 5.41) is 1.38. The Morgan fingerprint density at radius 2 is 2.23 bits per heavy atom. The molecule has 7 heteroatoms. The topological polar surface area (TPSA) is 51.4 Å². The molecule has 1 aromatic heterocycles. The van der Waals surface area contributed by atoms with Gasteiger partial charge in [0, 0.05) is 40.8 Å². The van der Waals surface area contributed by atoms with Crippen molar-refractivity contribution in [2.24, 2.45) is 0 Å². The number of anilines is 1. The molecule has 2 unspecified atom stereocenters. The minimum atomic E-state index is 0. The number of ether oxygens (including phenoxy) is 1. The van der Waals surface area contributed by atoms with Gasteiger partial charge in [0.1, 0.15) is 0 Å². The molecule has 3 rings (SSSR count). The van der Waals surface area contributed by atoms with Crippen molar-refractivity contribution in [3.05, 3.63) is 45.9 Å². The number of aromatic nitrogens is 1. The molecule has 22 heavy (non-hydrogen) atoms. The molecular formula is C15H19Cl2N3OS. The van der Waals surface area contributed by atoms with Gasteiger partial charge in [0.2, 0.25) is 0 Å². The monoisotopic (exact) mass is 359 g/mol. The van der Waals surface area contributed by atoms with Crippen LogP contribution in [0.15, 0.2) is 30.5 Å². The molecule has 4 nitrogen and oxygen atoms in total. The molecule has 0 radical (unpaired) electrons. The van der Waals surface area contributed by atoms with Gasteiger partial charge in [-0.25, -0.2) is 4.98 Å². The quantitative estimate of drug-likeness (QED) is 0.906. The van der Waals surface area contributed by atoms with Crippen LogP contribution in [0.3, 0.4) is 0 Å². The SMILES string of the molecule is CC1COC(c2ccccc2Cl)CN1Cc1cnc(N)s1.Cl. The van der Waals surface area contributed by atoms with Gasteiger partial charge in [-0.15, -0.1) is 23.7 Å². The van der Waals surface area contributed by atoms with Crippen LogP contribution in [0, 0.1) is 0 Å². The van der Waals surface area contributed by atoms with Gasteiger partial charge in [-0.1, -0.05) is 29.8 Å². The molecule has 2 aromatic rings. The summed E-state index contributed by atoms with van der Waals surface area (Å²) in [6.45, 7) is 4.54. The lowest BCUT2D eigenvalue weighted by Crippen LogP contribution is -2.44. The molecule has 1 aliphatic heterocycles. The first-order valence-corrected chi connectivity index (χ1v) is 8.13. The van der Waals surface area contributed by atoms with Crippen LogP contribution in [0.25, 0.3) is 0 Å². The Morgan fingerprint density at radius 1 is 1.45 bits per heavy atom. The third-order valence-electron chi connectivity index (χ3n) is 3.74. The Balaban J connectivity index is 0.00000176. The van der Waals surface area contributed by atoms with Gasteiger partial charge >= 0.3 is 0 Å². The van der Waals surface area contributed by atoms with Crippen molar-refractivity contribution in [3.63, 3.8) is 0 Å². The van der Waals surface area contributed by atoms with Crippen molar-refractivity contribution < 1.29 is 4.74 Å². The highest BCUT2D eigenvalue weighted by Crippen LogP contribution is 2.31. The lowest BCUT2D eigenvalue weighted by molar-refractivity contribution is -0.0629. The molecule has 2 heterocycles. The standard InChI is InChI=1S/C15H18ClN3OS.ClH/c1-10-9-20-14(12-4-2-3-5-13(12)16)8-19(10)7-11-6-18-15(17)21-11;/h2-6,10,14H,7-9H2,1H3,(H2,17,18);1H. The second-order valence-electron chi connectivity index (χ2n) is 5.29. The van der Waals surface area contributed by atoms with Crippen LogP contribution < -0.4 is 5.73 Å². The van der Waals surface area contributed by atoms with E-state index in [4.69, 9.17) is 22.1 Å². The largest absolute Gasteiger partial charge is 0.375 e. The zero-order valence-electron chi connectivity index (χ0n) is 12.2. The lowest BCUT2D eigenvalue weighted by atomic mass is 10.1. The molecular weight excluding hydrogens is 341 g/mol. The maximum absolute atomic E-state index is 6.28. The van der Waals surface area contributed by atoms with Crippen LogP contribution in [0.5, 0.6) is 0 Å². The molecule has 1 saturated heterocycles. The van der Waals surface area contributed by atoms with E-state index in [0.29, 0.717) is 17.8 Å². The van der Waals surface area contributed by atoms with E-state index in [1.165, 1.54) is 4.88 Å². The Bertz CT molecular complexity index is 622. The van der Waals surface area contributed by atoms with Gasteiger partial charge in [-0.05, 0) is 13.0 Å². The fraction of sp³-hybridized carbons (Fsp3) is 0.400. The van der Waals surface area contributed by atoms with Gasteiger partial charge in [-0.3, -0.25) is 4.90 Å². The summed E-state index contributed by atoms with van der Waals surface area (Å²) in [6, 6.07) is 8.25. The summed E-state index contributed by atoms with van der Waals surface area (Å²) in [7, 11) is 0. The number of nitrogens with two attached hydrogens (primary N) is 1. The number of hydrogen-bond donors (Lipinski definition) is 1. The number of thiazole rings is 1. The maximum atomic E-state index is 6.28. The smallest absolute Gasteiger partial charge is 0.180 e. The molecule has 1 aliphatic rings. The van der Waals surface area contributed by atoms with Crippen LogP contribution >= 0.6 is 35.3 Å². The summed E-state index contributed by atoms with van der Waals surface area (Å²) < 4.78 is 5.97. The zero-order valence-corrected chi connectivity index (χ0v) is 14.6. The molecule has 1 aromatic carbocycles. The number of halogens is 2. The summed E-state index contributed by atoms with van der Waals surface area (Å²) in [5.41, 5.74) is 6.76. The van der Waals surface area contributed by atoms with E-state index in [1.807, 2.05) is 30.5 Å². The number of benzene rings is 1. The molecule has 0 saturated carbocycles. The Labute approximate surface area is 145 Å². The zero-order chi connectivity index (χ0) is 14.8.